The Hall–Kier alpha value is -2.60. The van der Waals surface area contributed by atoms with Crippen molar-refractivity contribution < 1.29 is 19.0 Å². The fraction of sp³-hybridized carbons (Fsp3) is 0.409. The summed E-state index contributed by atoms with van der Waals surface area (Å²) >= 11 is 6.14. The largest absolute Gasteiger partial charge is 0.495 e. The number of anilines is 2. The number of carbonyl (C=O) groups excluding carboxylic acids is 1. The maximum absolute atomic E-state index is 12.8. The van der Waals surface area contributed by atoms with Gasteiger partial charge in [-0.3, -0.25) is 4.79 Å². The lowest BCUT2D eigenvalue weighted by Crippen LogP contribution is -2.32. The molecule has 0 aromatic heterocycles. The molecule has 29 heavy (non-hydrogen) atoms. The summed E-state index contributed by atoms with van der Waals surface area (Å²) < 4.78 is 17.0. The van der Waals surface area contributed by atoms with Gasteiger partial charge in [0.2, 0.25) is 5.91 Å². The second-order valence-corrected chi connectivity index (χ2v) is 7.59. The molecule has 1 heterocycles. The van der Waals surface area contributed by atoms with Crippen LogP contribution in [0.2, 0.25) is 5.02 Å². The molecule has 0 saturated carbocycles. The molecule has 156 valence electrons. The van der Waals surface area contributed by atoms with Gasteiger partial charge in [0.25, 0.3) is 0 Å². The summed E-state index contributed by atoms with van der Waals surface area (Å²) in [6.07, 6.45) is 0.984. The third-order valence-corrected chi connectivity index (χ3v) is 5.21. The number of aryl methyl sites for hydroxylation is 1. The van der Waals surface area contributed by atoms with E-state index in [9.17, 15) is 4.79 Å². The lowest BCUT2D eigenvalue weighted by molar-refractivity contribution is -0.116. The number of rotatable bonds is 7. The van der Waals surface area contributed by atoms with Gasteiger partial charge in [0.1, 0.15) is 29.4 Å². The van der Waals surface area contributed by atoms with Gasteiger partial charge < -0.3 is 24.8 Å². The third-order valence-electron chi connectivity index (χ3n) is 4.80. The Morgan fingerprint density at radius 2 is 2.03 bits per heavy atom. The zero-order valence-corrected chi connectivity index (χ0v) is 18.1. The van der Waals surface area contributed by atoms with Crippen LogP contribution in [-0.4, -0.2) is 31.8 Å². The summed E-state index contributed by atoms with van der Waals surface area (Å²) in [4.78, 5) is 12.8. The van der Waals surface area contributed by atoms with E-state index in [0.29, 0.717) is 28.8 Å². The van der Waals surface area contributed by atoms with Crippen molar-refractivity contribution >= 4 is 28.9 Å². The minimum absolute atomic E-state index is 0.135. The number of benzene rings is 2. The second kappa shape index (κ2) is 8.82. The van der Waals surface area contributed by atoms with Crippen molar-refractivity contribution in [1.82, 2.24) is 0 Å². The molecule has 0 unspecified atom stereocenters. The molecular weight excluding hydrogens is 392 g/mol. The number of hydrogen-bond donors (Lipinski definition) is 2. The predicted octanol–water partition coefficient (Wildman–Crippen LogP) is 4.82. The Bertz CT molecular complexity index is 916. The Morgan fingerprint density at radius 3 is 2.72 bits per heavy atom. The highest BCUT2D eigenvalue weighted by atomic mass is 35.5. The standard InChI is InChI=1S/C22H27ClN2O4/c1-6-28-21-9-15-8-13(3)29-19(15)11-18(21)24-14(4)22(26)25-17-7-12(2)16(23)10-20(17)27-5/h7,9-11,13-14,24H,6,8H2,1-5H3,(H,25,26)/t13-,14-/m1/s1. The number of carbonyl (C=O) groups is 1. The van der Waals surface area contributed by atoms with Crippen LogP contribution in [-0.2, 0) is 11.2 Å². The topological polar surface area (TPSA) is 68.8 Å². The van der Waals surface area contributed by atoms with Crippen LogP contribution in [0, 0.1) is 6.92 Å². The van der Waals surface area contributed by atoms with Gasteiger partial charge in [0.05, 0.1) is 25.1 Å². The molecule has 2 aromatic carbocycles. The number of ether oxygens (including phenoxy) is 3. The van der Waals surface area contributed by atoms with E-state index in [2.05, 4.69) is 10.6 Å². The minimum atomic E-state index is -0.522. The van der Waals surface area contributed by atoms with Crippen LogP contribution < -0.4 is 24.8 Å². The zero-order valence-electron chi connectivity index (χ0n) is 17.4. The van der Waals surface area contributed by atoms with Crippen molar-refractivity contribution in [3.63, 3.8) is 0 Å². The molecule has 2 aromatic rings. The van der Waals surface area contributed by atoms with E-state index in [4.69, 9.17) is 25.8 Å². The molecule has 2 atom stereocenters. The summed E-state index contributed by atoms with van der Waals surface area (Å²) in [5.41, 5.74) is 3.27. The molecule has 0 saturated heterocycles. The van der Waals surface area contributed by atoms with Gasteiger partial charge in [0, 0.05) is 29.1 Å². The van der Waals surface area contributed by atoms with Crippen molar-refractivity contribution in [3.8, 4) is 17.2 Å². The average molecular weight is 419 g/mol. The first-order valence-corrected chi connectivity index (χ1v) is 10.1. The van der Waals surface area contributed by atoms with Crippen LogP contribution in [0.1, 0.15) is 31.9 Å². The lowest BCUT2D eigenvalue weighted by Gasteiger charge is -2.20. The van der Waals surface area contributed by atoms with Crippen molar-refractivity contribution in [1.29, 1.82) is 0 Å². The van der Waals surface area contributed by atoms with Gasteiger partial charge >= 0.3 is 0 Å². The summed E-state index contributed by atoms with van der Waals surface area (Å²) in [6, 6.07) is 6.85. The molecular formula is C22H27ClN2O4. The van der Waals surface area contributed by atoms with Gasteiger partial charge in [-0.05, 0) is 45.4 Å². The number of methoxy groups -OCH3 is 1. The molecule has 6 nitrogen and oxygen atoms in total. The molecule has 3 rings (SSSR count). The zero-order chi connectivity index (χ0) is 21.1. The van der Waals surface area contributed by atoms with Crippen molar-refractivity contribution in [2.24, 2.45) is 0 Å². The first-order chi connectivity index (χ1) is 13.8. The Labute approximate surface area is 176 Å². The van der Waals surface area contributed by atoms with E-state index in [-0.39, 0.29) is 12.0 Å². The van der Waals surface area contributed by atoms with Crippen LogP contribution in [0.5, 0.6) is 17.2 Å². The molecule has 1 aliphatic rings. The Kier molecular flexibility index (Phi) is 6.42. The van der Waals surface area contributed by atoms with E-state index < -0.39 is 6.04 Å². The molecule has 0 radical (unpaired) electrons. The fourth-order valence-electron chi connectivity index (χ4n) is 3.30. The number of amides is 1. The fourth-order valence-corrected chi connectivity index (χ4v) is 3.45. The van der Waals surface area contributed by atoms with Crippen molar-refractivity contribution in [2.75, 3.05) is 24.4 Å². The number of halogens is 1. The van der Waals surface area contributed by atoms with Gasteiger partial charge in [-0.2, -0.15) is 0 Å². The van der Waals surface area contributed by atoms with E-state index in [1.807, 2.05) is 32.9 Å². The predicted molar refractivity (Wildman–Crippen MR) is 116 cm³/mol. The molecule has 0 fully saturated rings. The summed E-state index contributed by atoms with van der Waals surface area (Å²) in [7, 11) is 1.54. The molecule has 1 amide bonds. The highest BCUT2D eigenvalue weighted by Gasteiger charge is 2.24. The van der Waals surface area contributed by atoms with Gasteiger partial charge in [-0.1, -0.05) is 11.6 Å². The maximum atomic E-state index is 12.8. The molecule has 7 heteroatoms. The number of fused-ring (bicyclic) bond motifs is 1. The molecule has 0 spiro atoms. The van der Waals surface area contributed by atoms with Gasteiger partial charge in [0.15, 0.2) is 0 Å². The summed E-state index contributed by atoms with van der Waals surface area (Å²) in [6.45, 7) is 8.16. The van der Waals surface area contributed by atoms with E-state index in [1.54, 1.807) is 19.1 Å². The molecule has 0 aliphatic carbocycles. The van der Waals surface area contributed by atoms with Crippen LogP contribution in [0.4, 0.5) is 11.4 Å². The van der Waals surface area contributed by atoms with Crippen molar-refractivity contribution in [2.45, 2.75) is 46.3 Å². The van der Waals surface area contributed by atoms with Crippen LogP contribution in [0.3, 0.4) is 0 Å². The smallest absolute Gasteiger partial charge is 0.246 e. The Balaban J connectivity index is 1.78. The number of hydrogen-bond acceptors (Lipinski definition) is 5. The maximum Gasteiger partial charge on any atom is 0.246 e. The third kappa shape index (κ3) is 4.70. The van der Waals surface area contributed by atoms with Gasteiger partial charge in [-0.25, -0.2) is 0 Å². The monoisotopic (exact) mass is 418 g/mol. The highest BCUT2D eigenvalue weighted by molar-refractivity contribution is 6.31. The molecule has 0 bridgehead atoms. The number of nitrogens with one attached hydrogen (secondary N) is 2. The first-order valence-electron chi connectivity index (χ1n) is 9.70. The van der Waals surface area contributed by atoms with Crippen LogP contribution >= 0.6 is 11.6 Å². The Morgan fingerprint density at radius 1 is 1.28 bits per heavy atom. The van der Waals surface area contributed by atoms with Crippen molar-refractivity contribution in [3.05, 3.63) is 40.4 Å². The minimum Gasteiger partial charge on any atom is -0.495 e. The summed E-state index contributed by atoms with van der Waals surface area (Å²) in [5, 5.41) is 6.73. The van der Waals surface area contributed by atoms with Crippen LogP contribution in [0.25, 0.3) is 0 Å². The highest BCUT2D eigenvalue weighted by Crippen LogP contribution is 2.38. The van der Waals surface area contributed by atoms with E-state index in [1.165, 1.54) is 7.11 Å². The van der Waals surface area contributed by atoms with E-state index >= 15 is 0 Å². The summed E-state index contributed by atoms with van der Waals surface area (Å²) in [5.74, 6) is 1.84. The van der Waals surface area contributed by atoms with Gasteiger partial charge in [-0.15, -0.1) is 0 Å². The normalized spacial score (nSPS) is 15.9. The lowest BCUT2D eigenvalue weighted by atomic mass is 10.1. The van der Waals surface area contributed by atoms with Crippen LogP contribution in [0.15, 0.2) is 24.3 Å². The van der Waals surface area contributed by atoms with E-state index in [0.717, 1.165) is 29.0 Å². The SMILES string of the molecule is CCOc1cc2c(cc1N[C@H](C)C(=O)Nc1cc(C)c(Cl)cc1OC)O[C@H](C)C2. The molecule has 1 aliphatic heterocycles. The second-order valence-electron chi connectivity index (χ2n) is 7.18. The first kappa shape index (κ1) is 21.1. The average Bonchev–Trinajstić information content (AvgIpc) is 3.03. The quantitative estimate of drug-likeness (QED) is 0.674. The molecule has 2 N–H and O–H groups in total.